The van der Waals surface area contributed by atoms with Gasteiger partial charge in [-0.3, -0.25) is 4.99 Å². The first kappa shape index (κ1) is 31.3. The van der Waals surface area contributed by atoms with Crippen LogP contribution in [-0.2, 0) is 11.3 Å². The highest BCUT2D eigenvalue weighted by molar-refractivity contribution is 8.93. The van der Waals surface area contributed by atoms with E-state index in [1.54, 1.807) is 7.11 Å². The highest BCUT2D eigenvalue weighted by atomic mass is 79.9. The Labute approximate surface area is 212 Å². The minimum Gasteiger partial charge on any atom is -0.497 e. The van der Waals surface area contributed by atoms with Gasteiger partial charge in [0, 0.05) is 25.5 Å². The average Bonchev–Trinajstić information content (AvgIpc) is 2.80. The van der Waals surface area contributed by atoms with Gasteiger partial charge < -0.3 is 14.8 Å². The van der Waals surface area contributed by atoms with Crippen molar-refractivity contribution < 1.29 is 9.47 Å². The van der Waals surface area contributed by atoms with E-state index in [4.69, 9.17) is 14.5 Å². The summed E-state index contributed by atoms with van der Waals surface area (Å²) in [5, 5.41) is 4.57. The summed E-state index contributed by atoms with van der Waals surface area (Å²) >= 11 is 1.86. The van der Waals surface area contributed by atoms with Gasteiger partial charge >= 0.3 is 0 Å². The van der Waals surface area contributed by atoms with Crippen molar-refractivity contribution in [2.24, 2.45) is 4.99 Å². The molecular weight excluding hydrogens is 484 g/mol. The van der Waals surface area contributed by atoms with Gasteiger partial charge in [-0.1, -0.05) is 88.6 Å². The largest absolute Gasteiger partial charge is 0.497 e. The van der Waals surface area contributed by atoms with Gasteiger partial charge in [-0.2, -0.15) is 0 Å². The van der Waals surface area contributed by atoms with E-state index < -0.39 is 0 Å². The van der Waals surface area contributed by atoms with Gasteiger partial charge in [0.05, 0.1) is 13.7 Å². The molecule has 1 aromatic carbocycles. The summed E-state index contributed by atoms with van der Waals surface area (Å²) in [6.45, 7) is 7.51. The number of unbranched alkanes of at least 4 members (excludes halogenated alkanes) is 9. The molecule has 0 bridgehead atoms. The lowest BCUT2D eigenvalue weighted by Crippen LogP contribution is -2.23. The van der Waals surface area contributed by atoms with E-state index in [9.17, 15) is 0 Å². The van der Waals surface area contributed by atoms with Gasteiger partial charge in [-0.15, -0.1) is 17.0 Å². The Balaban J connectivity index is 0.00000961. The molecule has 0 radical (unpaired) electrons. The summed E-state index contributed by atoms with van der Waals surface area (Å²) in [4.78, 5) is 4.84. The Morgan fingerprint density at radius 3 is 2.09 bits per heavy atom. The topological polar surface area (TPSA) is 42.8 Å². The molecular formula is C26H47BrN2O2S. The third-order valence-electron chi connectivity index (χ3n) is 5.25. The molecule has 0 saturated carbocycles. The Bertz CT molecular complexity index is 555. The molecule has 1 N–H and O–H groups in total. The fourth-order valence-corrected chi connectivity index (χ4v) is 4.22. The number of hydrogen-bond acceptors (Lipinski definition) is 4. The van der Waals surface area contributed by atoms with Gasteiger partial charge in [-0.05, 0) is 37.5 Å². The predicted molar refractivity (Wildman–Crippen MR) is 148 cm³/mol. The molecule has 0 aromatic heterocycles. The number of rotatable bonds is 19. The first-order valence-electron chi connectivity index (χ1n) is 12.4. The van der Waals surface area contributed by atoms with E-state index in [1.165, 1.54) is 69.8 Å². The number of nitrogens with one attached hydrogen (secondary N) is 1. The van der Waals surface area contributed by atoms with Gasteiger partial charge in [-0.25, -0.2) is 0 Å². The highest BCUT2D eigenvalue weighted by Gasteiger charge is 2.02. The quantitative estimate of drug-likeness (QED) is 0.112. The molecule has 0 aliphatic rings. The van der Waals surface area contributed by atoms with E-state index >= 15 is 0 Å². The zero-order valence-electron chi connectivity index (χ0n) is 20.7. The van der Waals surface area contributed by atoms with Crippen molar-refractivity contribution in [1.82, 2.24) is 5.32 Å². The molecule has 32 heavy (non-hydrogen) atoms. The van der Waals surface area contributed by atoms with Crippen molar-refractivity contribution in [2.75, 3.05) is 32.6 Å². The lowest BCUT2D eigenvalue weighted by molar-refractivity contribution is 0.146. The van der Waals surface area contributed by atoms with Crippen molar-refractivity contribution in [3.63, 3.8) is 0 Å². The van der Waals surface area contributed by atoms with E-state index in [0.717, 1.165) is 42.8 Å². The maximum atomic E-state index is 5.44. The number of thioether (sulfide) groups is 1. The maximum Gasteiger partial charge on any atom is 0.156 e. The van der Waals surface area contributed by atoms with Crippen LogP contribution in [-0.4, -0.2) is 37.8 Å². The Hall–Kier alpha value is -0.720. The molecule has 0 aliphatic heterocycles. The third-order valence-corrected chi connectivity index (χ3v) is 6.29. The molecule has 0 atom stereocenters. The van der Waals surface area contributed by atoms with Crippen molar-refractivity contribution in [3.8, 4) is 5.75 Å². The summed E-state index contributed by atoms with van der Waals surface area (Å²) in [5.74, 6) is 2.02. The van der Waals surface area contributed by atoms with Crippen molar-refractivity contribution in [3.05, 3.63) is 29.8 Å². The Kier molecular flexibility index (Phi) is 22.9. The Morgan fingerprint density at radius 2 is 1.50 bits per heavy atom. The zero-order chi connectivity index (χ0) is 22.4. The molecule has 0 amide bonds. The predicted octanol–water partition coefficient (Wildman–Crippen LogP) is 7.80. The molecule has 0 fully saturated rings. The summed E-state index contributed by atoms with van der Waals surface area (Å²) in [5.41, 5.74) is 1.20. The second-order valence-corrected chi connectivity index (χ2v) is 9.06. The first-order valence-corrected chi connectivity index (χ1v) is 13.4. The average molecular weight is 532 g/mol. The molecule has 186 valence electrons. The lowest BCUT2D eigenvalue weighted by Gasteiger charge is -2.10. The van der Waals surface area contributed by atoms with Crippen LogP contribution >= 0.6 is 28.7 Å². The molecule has 0 spiro atoms. The molecule has 0 heterocycles. The number of ether oxygens (including phenoxy) is 2. The van der Waals surface area contributed by atoms with E-state index in [0.29, 0.717) is 6.54 Å². The van der Waals surface area contributed by atoms with Crippen LogP contribution in [0.25, 0.3) is 0 Å². The molecule has 4 nitrogen and oxygen atoms in total. The smallest absolute Gasteiger partial charge is 0.156 e. The number of halogens is 1. The minimum atomic E-state index is 0. The highest BCUT2D eigenvalue weighted by Crippen LogP contribution is 2.15. The van der Waals surface area contributed by atoms with E-state index in [1.807, 2.05) is 30.8 Å². The molecule has 1 aromatic rings. The molecule has 6 heteroatoms. The summed E-state index contributed by atoms with van der Waals surface area (Å²) < 4.78 is 10.7. The van der Waals surface area contributed by atoms with Crippen LogP contribution in [0.5, 0.6) is 5.75 Å². The second kappa shape index (κ2) is 23.4. The summed E-state index contributed by atoms with van der Waals surface area (Å²) in [6, 6.07) is 8.16. The fraction of sp³-hybridized carbons (Fsp3) is 0.731. The van der Waals surface area contributed by atoms with Gasteiger partial charge in [0.15, 0.2) is 5.17 Å². The van der Waals surface area contributed by atoms with Crippen LogP contribution in [0, 0.1) is 0 Å². The normalized spacial score (nSPS) is 11.3. The van der Waals surface area contributed by atoms with Gasteiger partial charge in [0.25, 0.3) is 0 Å². The standard InChI is InChI=1S/C26H46N2O2S.BrH/c1-4-6-7-8-9-10-11-12-13-14-22-31-26(27-20-15-21-30-5-2)28-23-24-16-18-25(29-3)19-17-24;/h16-19H,4-15,20-23H2,1-3H3,(H,27,28);1H. The Morgan fingerprint density at radius 1 is 0.875 bits per heavy atom. The van der Waals surface area contributed by atoms with Gasteiger partial charge in [0.2, 0.25) is 0 Å². The summed E-state index contributed by atoms with van der Waals surface area (Å²) in [7, 11) is 1.70. The monoisotopic (exact) mass is 530 g/mol. The maximum absolute atomic E-state index is 5.44. The molecule has 0 unspecified atom stereocenters. The van der Waals surface area contributed by atoms with Crippen molar-refractivity contribution in [1.29, 1.82) is 0 Å². The van der Waals surface area contributed by atoms with Crippen LogP contribution in [0.4, 0.5) is 0 Å². The SMILES string of the molecule is Br.CCCCCCCCCCCCSC(=NCc1ccc(OC)cc1)NCCCOCC. The molecule has 1 rings (SSSR count). The van der Waals surface area contributed by atoms with Crippen molar-refractivity contribution >= 4 is 33.9 Å². The lowest BCUT2D eigenvalue weighted by atomic mass is 10.1. The number of hydrogen-bond donors (Lipinski definition) is 1. The fourth-order valence-electron chi connectivity index (χ4n) is 3.32. The minimum absolute atomic E-state index is 0. The van der Waals surface area contributed by atoms with Crippen molar-refractivity contribution in [2.45, 2.75) is 91.0 Å². The number of aliphatic imine (C=N–C) groups is 1. The number of amidine groups is 1. The number of nitrogens with zero attached hydrogens (tertiary/aromatic N) is 1. The number of methoxy groups -OCH3 is 1. The van der Waals surface area contributed by atoms with Crippen LogP contribution in [0.2, 0.25) is 0 Å². The number of benzene rings is 1. The first-order chi connectivity index (χ1) is 15.3. The third kappa shape index (κ3) is 17.8. The second-order valence-electron chi connectivity index (χ2n) is 7.98. The van der Waals surface area contributed by atoms with E-state index in [2.05, 4.69) is 24.4 Å². The van der Waals surface area contributed by atoms with Gasteiger partial charge in [0.1, 0.15) is 5.75 Å². The van der Waals surface area contributed by atoms with Crippen LogP contribution in [0.3, 0.4) is 0 Å². The van der Waals surface area contributed by atoms with Crippen LogP contribution in [0.15, 0.2) is 29.3 Å². The van der Waals surface area contributed by atoms with Crippen LogP contribution < -0.4 is 10.1 Å². The van der Waals surface area contributed by atoms with Crippen LogP contribution in [0.1, 0.15) is 90.0 Å². The zero-order valence-corrected chi connectivity index (χ0v) is 23.2. The molecule has 0 saturated heterocycles. The van der Waals surface area contributed by atoms with E-state index in [-0.39, 0.29) is 17.0 Å². The molecule has 0 aliphatic carbocycles. The summed E-state index contributed by atoms with van der Waals surface area (Å²) in [6.07, 6.45) is 14.8.